The second kappa shape index (κ2) is 10.4. The number of nitrogens with zero attached hydrogens (tertiary/aromatic N) is 2. The highest BCUT2D eigenvalue weighted by atomic mass is 16.5. The van der Waals surface area contributed by atoms with Crippen LogP contribution >= 0.6 is 0 Å². The van der Waals surface area contributed by atoms with Crippen molar-refractivity contribution in [2.24, 2.45) is 0 Å². The average molecular weight is 479 g/mol. The number of carbonyl (C=O) groups is 1. The molecule has 2 aromatic rings. The maximum atomic E-state index is 13.2. The van der Waals surface area contributed by atoms with Crippen LogP contribution in [0.4, 0.5) is 0 Å². The van der Waals surface area contributed by atoms with Gasteiger partial charge in [-0.25, -0.2) is 0 Å². The summed E-state index contributed by atoms with van der Waals surface area (Å²) in [5, 5.41) is 0. The lowest BCUT2D eigenvalue weighted by atomic mass is 9.55. The molecule has 35 heavy (non-hydrogen) atoms. The number of fused-ring (bicyclic) bond motifs is 1. The predicted molar refractivity (Wildman–Crippen MR) is 139 cm³/mol. The van der Waals surface area contributed by atoms with Crippen LogP contribution in [0.3, 0.4) is 0 Å². The third kappa shape index (κ3) is 4.69. The van der Waals surface area contributed by atoms with Gasteiger partial charge in [0.05, 0.1) is 19.0 Å². The Balaban J connectivity index is 1.66. The smallest absolute Gasteiger partial charge is 0.246 e. The Morgan fingerprint density at radius 1 is 1.31 bits per heavy atom. The van der Waals surface area contributed by atoms with Crippen LogP contribution < -0.4 is 4.74 Å². The molecular weight excluding hydrogens is 440 g/mol. The number of hydrogen-bond acceptors (Lipinski definition) is 5. The van der Waals surface area contributed by atoms with E-state index in [1.807, 2.05) is 50.3 Å². The highest BCUT2D eigenvalue weighted by molar-refractivity contribution is 5.92. The van der Waals surface area contributed by atoms with E-state index in [0.29, 0.717) is 0 Å². The number of likely N-dealkylation sites (N-methyl/N-ethyl adjacent to an activating group) is 1. The average Bonchev–Trinajstić information content (AvgIpc) is 3.31. The minimum atomic E-state index is -0.343. The van der Waals surface area contributed by atoms with Crippen LogP contribution in [-0.2, 0) is 14.9 Å². The first-order valence-electron chi connectivity index (χ1n) is 12.4. The van der Waals surface area contributed by atoms with Gasteiger partial charge in [-0.3, -0.25) is 9.69 Å². The van der Waals surface area contributed by atoms with Crippen molar-refractivity contribution in [3.63, 3.8) is 0 Å². The van der Waals surface area contributed by atoms with Crippen LogP contribution in [0.5, 0.6) is 5.75 Å². The van der Waals surface area contributed by atoms with Crippen LogP contribution in [0.2, 0.25) is 0 Å². The largest absolute Gasteiger partial charge is 0.497 e. The number of likely N-dealkylation sites (tertiary alicyclic amines) is 1. The van der Waals surface area contributed by atoms with Crippen LogP contribution in [0.15, 0.2) is 59.7 Å². The van der Waals surface area contributed by atoms with E-state index < -0.39 is 0 Å². The molecule has 188 valence electrons. The zero-order valence-corrected chi connectivity index (χ0v) is 21.5. The Labute approximate surface area is 209 Å². The van der Waals surface area contributed by atoms with Gasteiger partial charge in [-0.2, -0.15) is 0 Å². The number of carbonyl (C=O) groups excluding carboxylic acids is 1. The first-order valence-corrected chi connectivity index (χ1v) is 12.4. The van der Waals surface area contributed by atoms with Gasteiger partial charge in [-0.15, -0.1) is 6.58 Å². The van der Waals surface area contributed by atoms with Crippen molar-refractivity contribution in [3.8, 4) is 5.75 Å². The molecule has 6 nitrogen and oxygen atoms in total. The number of furan rings is 1. The number of aryl methyl sites for hydroxylation is 1. The number of rotatable bonds is 8. The van der Waals surface area contributed by atoms with E-state index in [-0.39, 0.29) is 23.0 Å². The molecule has 6 heteroatoms. The lowest BCUT2D eigenvalue weighted by Crippen LogP contribution is -2.68. The summed E-state index contributed by atoms with van der Waals surface area (Å²) in [6, 6.07) is 10.4. The van der Waals surface area contributed by atoms with Crippen molar-refractivity contribution >= 4 is 12.0 Å². The Kier molecular flexibility index (Phi) is 7.53. The number of methoxy groups -OCH3 is 2. The molecule has 2 heterocycles. The van der Waals surface area contributed by atoms with E-state index in [4.69, 9.17) is 13.9 Å². The molecule has 1 saturated carbocycles. The Hall–Kier alpha value is -2.83. The van der Waals surface area contributed by atoms with Gasteiger partial charge in [0, 0.05) is 50.3 Å². The number of hydrogen-bond donors (Lipinski definition) is 0. The monoisotopic (exact) mass is 478 g/mol. The van der Waals surface area contributed by atoms with Gasteiger partial charge in [-0.05, 0) is 69.0 Å². The minimum absolute atomic E-state index is 0.00500. The van der Waals surface area contributed by atoms with Gasteiger partial charge in [0.15, 0.2) is 0 Å². The first kappa shape index (κ1) is 25.3. The molecule has 3 atom stereocenters. The van der Waals surface area contributed by atoms with Crippen LogP contribution in [0.1, 0.15) is 42.6 Å². The van der Waals surface area contributed by atoms with Crippen LogP contribution in [-0.4, -0.2) is 68.3 Å². The molecule has 1 aromatic carbocycles. The van der Waals surface area contributed by atoms with Gasteiger partial charge in [0.1, 0.15) is 11.5 Å². The lowest BCUT2D eigenvalue weighted by Gasteiger charge is -2.60. The van der Waals surface area contributed by atoms with E-state index in [1.165, 1.54) is 5.56 Å². The highest BCUT2D eigenvalue weighted by Crippen LogP contribution is 2.54. The summed E-state index contributed by atoms with van der Waals surface area (Å²) in [4.78, 5) is 17.5. The molecule has 0 N–H and O–H groups in total. The number of amides is 1. The van der Waals surface area contributed by atoms with E-state index in [9.17, 15) is 4.79 Å². The molecule has 4 rings (SSSR count). The minimum Gasteiger partial charge on any atom is -0.497 e. The summed E-state index contributed by atoms with van der Waals surface area (Å²) in [7, 11) is 5.47. The van der Waals surface area contributed by atoms with E-state index in [1.54, 1.807) is 19.4 Å². The Morgan fingerprint density at radius 2 is 2.14 bits per heavy atom. The number of benzene rings is 1. The molecule has 0 bridgehead atoms. The summed E-state index contributed by atoms with van der Waals surface area (Å²) in [5.41, 5.74) is 1.59. The zero-order valence-electron chi connectivity index (χ0n) is 21.5. The topological polar surface area (TPSA) is 55.2 Å². The second-order valence-corrected chi connectivity index (χ2v) is 9.90. The highest BCUT2D eigenvalue weighted by Gasteiger charge is 2.59. The molecule has 1 saturated heterocycles. The van der Waals surface area contributed by atoms with Crippen molar-refractivity contribution in [1.82, 2.24) is 9.80 Å². The molecule has 1 aromatic heterocycles. The van der Waals surface area contributed by atoms with Gasteiger partial charge >= 0.3 is 0 Å². The lowest BCUT2D eigenvalue weighted by molar-refractivity contribution is -0.157. The maximum Gasteiger partial charge on any atom is 0.246 e. The van der Waals surface area contributed by atoms with E-state index in [2.05, 4.69) is 29.7 Å². The van der Waals surface area contributed by atoms with Gasteiger partial charge in [-0.1, -0.05) is 18.2 Å². The third-order valence-electron chi connectivity index (χ3n) is 8.27. The zero-order chi connectivity index (χ0) is 25.1. The molecule has 2 fully saturated rings. The van der Waals surface area contributed by atoms with Crippen molar-refractivity contribution < 1.29 is 18.7 Å². The second-order valence-electron chi connectivity index (χ2n) is 9.90. The predicted octanol–water partition coefficient (Wildman–Crippen LogP) is 4.84. The molecular formula is C29H38N2O4. The third-order valence-corrected chi connectivity index (χ3v) is 8.27. The Morgan fingerprint density at radius 3 is 2.83 bits per heavy atom. The summed E-state index contributed by atoms with van der Waals surface area (Å²) < 4.78 is 17.4. The van der Waals surface area contributed by atoms with E-state index in [0.717, 1.165) is 62.4 Å². The van der Waals surface area contributed by atoms with E-state index >= 15 is 0 Å². The van der Waals surface area contributed by atoms with Crippen LogP contribution in [0, 0.1) is 6.92 Å². The van der Waals surface area contributed by atoms with Gasteiger partial charge in [0.25, 0.3) is 0 Å². The normalized spacial score (nSPS) is 26.9. The fourth-order valence-corrected chi connectivity index (χ4v) is 6.18. The molecule has 2 aliphatic rings. The summed E-state index contributed by atoms with van der Waals surface area (Å²) in [6.45, 7) is 8.49. The van der Waals surface area contributed by atoms with Crippen molar-refractivity contribution in [3.05, 3.63) is 72.2 Å². The fraction of sp³-hybridized carbons (Fsp3) is 0.483. The molecule has 1 amide bonds. The standard InChI is InChI=1S/C29H38N2O4/c1-6-16-31-17-15-28(24-8-7-9-26(19-24)33-4)20-25(12-14-29(28,21-31)34-5)30(3)27(32)11-10-23-13-18-35-22(23)2/h6-11,13,18-19,25H,1,12,14-17,20-21H2,2-5H3/b11-10+/t25-,28-,29-/m0/s1. The first-order chi connectivity index (χ1) is 16.9. The van der Waals surface area contributed by atoms with Crippen molar-refractivity contribution in [2.75, 3.05) is 40.9 Å². The number of ether oxygens (including phenoxy) is 2. The number of piperidine rings is 1. The Bertz CT molecular complexity index is 1080. The molecule has 1 aliphatic carbocycles. The SMILES string of the molecule is C=CCN1CC[C@@]2(c3cccc(OC)c3)C[C@@H](N(C)C(=O)/C=C/c3ccoc3C)CC[C@]2(OC)C1. The van der Waals surface area contributed by atoms with Crippen LogP contribution in [0.25, 0.3) is 6.08 Å². The summed E-state index contributed by atoms with van der Waals surface area (Å²) >= 11 is 0. The molecule has 0 radical (unpaired) electrons. The van der Waals surface area contributed by atoms with Crippen molar-refractivity contribution in [2.45, 2.75) is 49.7 Å². The maximum absolute atomic E-state index is 13.2. The quantitative estimate of drug-likeness (QED) is 0.402. The molecule has 1 aliphatic heterocycles. The molecule has 0 unspecified atom stereocenters. The molecule has 0 spiro atoms. The fourth-order valence-electron chi connectivity index (χ4n) is 6.18. The van der Waals surface area contributed by atoms with Crippen molar-refractivity contribution in [1.29, 1.82) is 0 Å². The van der Waals surface area contributed by atoms with Gasteiger partial charge in [0.2, 0.25) is 5.91 Å². The summed E-state index contributed by atoms with van der Waals surface area (Å²) in [5.74, 6) is 1.66. The van der Waals surface area contributed by atoms with Gasteiger partial charge < -0.3 is 18.8 Å². The summed E-state index contributed by atoms with van der Waals surface area (Å²) in [6.07, 6.45) is 10.7.